The number of hydrogen-bond donors (Lipinski definition) is 0. The van der Waals surface area contributed by atoms with Gasteiger partial charge in [0.1, 0.15) is 0 Å². The number of fused-ring (bicyclic) bond motifs is 1. The molecule has 1 aliphatic heterocycles. The Morgan fingerprint density at radius 1 is 1.16 bits per heavy atom. The van der Waals surface area contributed by atoms with Gasteiger partial charge in [-0.3, -0.25) is 14.3 Å². The maximum atomic E-state index is 12.0. The second-order valence-corrected chi connectivity index (χ2v) is 5.05. The SMILES string of the molecule is O=C1C(=O)N(CCn2cccn2)c2c(Br)cccc21. The lowest BCUT2D eigenvalue weighted by atomic mass is 10.1. The van der Waals surface area contributed by atoms with Crippen LogP contribution in [0.3, 0.4) is 0 Å². The molecule has 1 amide bonds. The van der Waals surface area contributed by atoms with Crippen LogP contribution in [-0.2, 0) is 11.3 Å². The first-order valence-electron chi connectivity index (χ1n) is 5.80. The third-order valence-corrected chi connectivity index (χ3v) is 3.69. The highest BCUT2D eigenvalue weighted by Crippen LogP contribution is 2.35. The molecule has 6 heteroatoms. The third-order valence-electron chi connectivity index (χ3n) is 3.05. The first kappa shape index (κ1) is 12.1. The minimum absolute atomic E-state index is 0.419. The second-order valence-electron chi connectivity index (χ2n) is 4.19. The number of halogens is 1. The molecule has 19 heavy (non-hydrogen) atoms. The van der Waals surface area contributed by atoms with Crippen molar-refractivity contribution in [2.45, 2.75) is 6.54 Å². The normalized spacial score (nSPS) is 14.1. The zero-order valence-electron chi connectivity index (χ0n) is 9.91. The summed E-state index contributed by atoms with van der Waals surface area (Å²) in [4.78, 5) is 25.4. The molecule has 0 saturated carbocycles. The molecule has 96 valence electrons. The van der Waals surface area contributed by atoms with Crippen molar-refractivity contribution in [2.24, 2.45) is 0 Å². The zero-order chi connectivity index (χ0) is 13.4. The van der Waals surface area contributed by atoms with Gasteiger partial charge in [0, 0.05) is 23.4 Å². The molecule has 0 N–H and O–H groups in total. The van der Waals surface area contributed by atoms with Crippen LogP contribution in [0.2, 0.25) is 0 Å². The quantitative estimate of drug-likeness (QED) is 0.812. The van der Waals surface area contributed by atoms with Crippen molar-refractivity contribution in [3.05, 3.63) is 46.7 Å². The van der Waals surface area contributed by atoms with E-state index in [2.05, 4.69) is 21.0 Å². The van der Waals surface area contributed by atoms with E-state index in [0.29, 0.717) is 24.3 Å². The lowest BCUT2D eigenvalue weighted by Gasteiger charge is -2.17. The van der Waals surface area contributed by atoms with Gasteiger partial charge in [0.05, 0.1) is 17.8 Å². The van der Waals surface area contributed by atoms with Crippen LogP contribution < -0.4 is 4.90 Å². The monoisotopic (exact) mass is 319 g/mol. The smallest absolute Gasteiger partial charge is 0.299 e. The maximum absolute atomic E-state index is 12.0. The fraction of sp³-hybridized carbons (Fsp3) is 0.154. The molecule has 3 rings (SSSR count). The molecular formula is C13H10BrN3O2. The van der Waals surface area contributed by atoms with Crippen molar-refractivity contribution in [2.75, 3.05) is 11.4 Å². The van der Waals surface area contributed by atoms with Crippen molar-refractivity contribution in [3.63, 3.8) is 0 Å². The van der Waals surface area contributed by atoms with Gasteiger partial charge in [-0.25, -0.2) is 0 Å². The number of aromatic nitrogens is 2. The van der Waals surface area contributed by atoms with Gasteiger partial charge in [0.25, 0.3) is 11.7 Å². The molecule has 0 atom stereocenters. The van der Waals surface area contributed by atoms with E-state index in [9.17, 15) is 9.59 Å². The summed E-state index contributed by atoms with van der Waals surface area (Å²) in [5, 5.41) is 4.08. The van der Waals surface area contributed by atoms with Gasteiger partial charge in [-0.15, -0.1) is 0 Å². The van der Waals surface area contributed by atoms with E-state index in [1.165, 1.54) is 4.90 Å². The first-order chi connectivity index (χ1) is 9.18. The molecule has 5 nitrogen and oxygen atoms in total. The molecule has 0 fully saturated rings. The first-order valence-corrected chi connectivity index (χ1v) is 6.60. The van der Waals surface area contributed by atoms with Crippen molar-refractivity contribution in [1.29, 1.82) is 0 Å². The summed E-state index contributed by atoms with van der Waals surface area (Å²) in [6.45, 7) is 0.967. The molecular weight excluding hydrogens is 310 g/mol. The molecule has 2 heterocycles. The summed E-state index contributed by atoms with van der Waals surface area (Å²) in [6, 6.07) is 7.08. The van der Waals surface area contributed by atoms with Gasteiger partial charge >= 0.3 is 0 Å². The average molecular weight is 320 g/mol. The zero-order valence-corrected chi connectivity index (χ0v) is 11.5. The lowest BCUT2D eigenvalue weighted by Crippen LogP contribution is -2.33. The molecule has 0 radical (unpaired) electrons. The topological polar surface area (TPSA) is 55.2 Å². The van der Waals surface area contributed by atoms with Crippen molar-refractivity contribution in [3.8, 4) is 0 Å². The van der Waals surface area contributed by atoms with E-state index in [1.807, 2.05) is 18.3 Å². The summed E-state index contributed by atoms with van der Waals surface area (Å²) in [5.41, 5.74) is 1.12. The number of amides is 1. The number of rotatable bonds is 3. The number of anilines is 1. The number of carbonyl (C=O) groups is 2. The highest BCUT2D eigenvalue weighted by Gasteiger charge is 2.36. The Morgan fingerprint density at radius 2 is 2.00 bits per heavy atom. The number of Topliss-reactive ketones (excluding diaryl/α,β-unsaturated/α-hetero) is 1. The molecule has 0 saturated heterocycles. The van der Waals surface area contributed by atoms with Gasteiger partial charge < -0.3 is 4.90 Å². The van der Waals surface area contributed by atoms with Crippen molar-refractivity contribution in [1.82, 2.24) is 9.78 Å². The Balaban J connectivity index is 1.90. The summed E-state index contributed by atoms with van der Waals surface area (Å²) in [6.07, 6.45) is 3.50. The third kappa shape index (κ3) is 1.98. The van der Waals surface area contributed by atoms with E-state index in [0.717, 1.165) is 4.47 Å². The Hall–Kier alpha value is -1.95. The Bertz CT molecular complexity index is 652. The van der Waals surface area contributed by atoms with Gasteiger partial charge in [-0.05, 0) is 34.1 Å². The lowest BCUT2D eigenvalue weighted by molar-refractivity contribution is -0.114. The molecule has 1 aliphatic rings. The van der Waals surface area contributed by atoms with Crippen LogP contribution in [0, 0.1) is 0 Å². The fourth-order valence-corrected chi connectivity index (χ4v) is 2.74. The van der Waals surface area contributed by atoms with Gasteiger partial charge in [0.15, 0.2) is 0 Å². The van der Waals surface area contributed by atoms with E-state index in [1.54, 1.807) is 23.0 Å². The molecule has 0 aliphatic carbocycles. The predicted octanol–water partition coefficient (Wildman–Crippen LogP) is 1.88. The fourth-order valence-electron chi connectivity index (χ4n) is 2.16. The standard InChI is InChI=1S/C13H10BrN3O2/c14-10-4-1-3-9-11(10)17(13(19)12(9)18)8-7-16-6-2-5-15-16/h1-6H,7-8H2. The van der Waals surface area contributed by atoms with E-state index >= 15 is 0 Å². The van der Waals surface area contributed by atoms with Crippen LogP contribution in [-0.4, -0.2) is 28.0 Å². The van der Waals surface area contributed by atoms with Crippen LogP contribution in [0.1, 0.15) is 10.4 Å². The van der Waals surface area contributed by atoms with Crippen LogP contribution in [0.5, 0.6) is 0 Å². The number of ketones is 1. The number of para-hydroxylation sites is 1. The van der Waals surface area contributed by atoms with E-state index < -0.39 is 11.7 Å². The average Bonchev–Trinajstić information content (AvgIpc) is 2.99. The van der Waals surface area contributed by atoms with Crippen molar-refractivity contribution >= 4 is 33.3 Å². The number of benzene rings is 1. The van der Waals surface area contributed by atoms with Crippen molar-refractivity contribution < 1.29 is 9.59 Å². The molecule has 2 aromatic rings. The Kier molecular flexibility index (Phi) is 2.94. The van der Waals surface area contributed by atoms with Gasteiger partial charge in [0.2, 0.25) is 0 Å². The number of hydrogen-bond acceptors (Lipinski definition) is 3. The molecule has 1 aromatic heterocycles. The van der Waals surface area contributed by atoms with Crippen LogP contribution in [0.15, 0.2) is 41.1 Å². The predicted molar refractivity (Wildman–Crippen MR) is 73.1 cm³/mol. The highest BCUT2D eigenvalue weighted by molar-refractivity contribution is 9.10. The summed E-state index contributed by atoms with van der Waals surface area (Å²) in [5.74, 6) is -0.925. The molecule has 0 unspecified atom stereocenters. The molecule has 0 spiro atoms. The van der Waals surface area contributed by atoms with Crippen LogP contribution in [0.4, 0.5) is 5.69 Å². The number of carbonyl (C=O) groups excluding carboxylic acids is 2. The van der Waals surface area contributed by atoms with Crippen LogP contribution >= 0.6 is 15.9 Å². The summed E-state index contributed by atoms with van der Waals surface area (Å²) in [7, 11) is 0. The van der Waals surface area contributed by atoms with Crippen LogP contribution in [0.25, 0.3) is 0 Å². The van der Waals surface area contributed by atoms with Gasteiger partial charge in [-0.1, -0.05) is 6.07 Å². The highest BCUT2D eigenvalue weighted by atomic mass is 79.9. The molecule has 0 bridgehead atoms. The second kappa shape index (κ2) is 4.62. The Labute approximate surface area is 118 Å². The van der Waals surface area contributed by atoms with Gasteiger partial charge in [-0.2, -0.15) is 5.10 Å². The number of nitrogens with zero attached hydrogens (tertiary/aromatic N) is 3. The minimum atomic E-state index is -0.478. The summed E-state index contributed by atoms with van der Waals surface area (Å²) < 4.78 is 2.48. The largest absolute Gasteiger partial charge is 0.302 e. The maximum Gasteiger partial charge on any atom is 0.299 e. The molecule has 1 aromatic carbocycles. The Morgan fingerprint density at radius 3 is 2.74 bits per heavy atom. The minimum Gasteiger partial charge on any atom is -0.302 e. The van der Waals surface area contributed by atoms with E-state index in [4.69, 9.17) is 0 Å². The van der Waals surface area contributed by atoms with E-state index in [-0.39, 0.29) is 0 Å². The summed E-state index contributed by atoms with van der Waals surface area (Å²) >= 11 is 3.39.